The van der Waals surface area contributed by atoms with Crippen molar-refractivity contribution in [2.24, 2.45) is 0 Å². The van der Waals surface area contributed by atoms with Crippen LogP contribution in [0, 0.1) is 0 Å². The molecule has 0 aliphatic carbocycles. The average Bonchev–Trinajstić information content (AvgIpc) is 2.28. The van der Waals surface area contributed by atoms with Crippen molar-refractivity contribution in [1.29, 1.82) is 0 Å². The van der Waals surface area contributed by atoms with Crippen molar-refractivity contribution in [1.82, 2.24) is 10.6 Å². The van der Waals surface area contributed by atoms with Gasteiger partial charge in [-0.05, 0) is 0 Å². The number of ether oxygens (including phenoxy) is 2. The minimum Gasteiger partial charge on any atom is -0.480 e. The molecule has 1 heterocycles. The Morgan fingerprint density at radius 3 is 2.76 bits per heavy atom. The third-order valence-electron chi connectivity index (χ3n) is 2.28. The maximum absolute atomic E-state index is 10.8. The topological polar surface area (TPSA) is 96.9 Å². The molecule has 98 valence electrons. The van der Waals surface area contributed by atoms with E-state index in [0.717, 1.165) is 0 Å². The van der Waals surface area contributed by atoms with Gasteiger partial charge in [0.15, 0.2) is 0 Å². The fraction of sp³-hybridized carbons (Fsp3) is 0.800. The number of carboxylic acid groups (broad SMARTS) is 1. The Balaban J connectivity index is 2.21. The van der Waals surface area contributed by atoms with Gasteiger partial charge in [0.25, 0.3) is 0 Å². The zero-order valence-electron chi connectivity index (χ0n) is 9.77. The third kappa shape index (κ3) is 5.62. The van der Waals surface area contributed by atoms with Gasteiger partial charge >= 0.3 is 5.97 Å². The molecule has 0 aromatic carbocycles. The minimum atomic E-state index is -1.06. The Morgan fingerprint density at radius 1 is 1.47 bits per heavy atom. The quantitative estimate of drug-likeness (QED) is 0.532. The summed E-state index contributed by atoms with van der Waals surface area (Å²) in [6.07, 6.45) is -0.0597. The Labute approximate surface area is 99.5 Å². The molecule has 7 heteroatoms. The predicted octanol–water partition coefficient (Wildman–Crippen LogP) is -1.42. The molecular weight excluding hydrogens is 228 g/mol. The first-order chi connectivity index (χ1) is 8.09. The Morgan fingerprint density at radius 2 is 2.24 bits per heavy atom. The van der Waals surface area contributed by atoms with Crippen molar-refractivity contribution in [2.75, 3.05) is 32.9 Å². The molecule has 1 rings (SSSR count). The lowest BCUT2D eigenvalue weighted by molar-refractivity contribution is -0.141. The molecule has 0 spiro atoms. The summed E-state index contributed by atoms with van der Waals surface area (Å²) in [5.41, 5.74) is 0. The van der Waals surface area contributed by atoms with Crippen LogP contribution >= 0.6 is 0 Å². The van der Waals surface area contributed by atoms with Crippen molar-refractivity contribution < 1.29 is 24.2 Å². The van der Waals surface area contributed by atoms with E-state index >= 15 is 0 Å². The van der Waals surface area contributed by atoms with Crippen molar-refractivity contribution in [3.8, 4) is 0 Å². The van der Waals surface area contributed by atoms with Crippen molar-refractivity contribution in [3.05, 3.63) is 0 Å². The standard InChI is InChI=1S/C10H18N2O5/c1-7(13)12-9(10(14)15)5-11-4-8-6-16-2-3-17-8/h8-9,11H,2-6H2,1H3,(H,12,13)(H,14,15). The van der Waals surface area contributed by atoms with Crippen LogP contribution in [-0.4, -0.2) is 62.0 Å². The van der Waals surface area contributed by atoms with Gasteiger partial charge in [0, 0.05) is 20.0 Å². The van der Waals surface area contributed by atoms with Gasteiger partial charge in [-0.15, -0.1) is 0 Å². The Bertz CT molecular complexity index is 265. The summed E-state index contributed by atoms with van der Waals surface area (Å²) in [6, 6.07) is -0.919. The monoisotopic (exact) mass is 246 g/mol. The van der Waals surface area contributed by atoms with Crippen LogP contribution in [0.5, 0.6) is 0 Å². The van der Waals surface area contributed by atoms with Crippen LogP contribution in [0.4, 0.5) is 0 Å². The van der Waals surface area contributed by atoms with Crippen LogP contribution < -0.4 is 10.6 Å². The van der Waals surface area contributed by atoms with Gasteiger partial charge in [-0.3, -0.25) is 4.79 Å². The van der Waals surface area contributed by atoms with Gasteiger partial charge < -0.3 is 25.2 Å². The molecule has 2 atom stereocenters. The predicted molar refractivity (Wildman–Crippen MR) is 58.7 cm³/mol. The van der Waals surface area contributed by atoms with E-state index in [0.29, 0.717) is 26.4 Å². The second-order valence-corrected chi connectivity index (χ2v) is 3.82. The van der Waals surface area contributed by atoms with Gasteiger partial charge in [-0.1, -0.05) is 0 Å². The molecule has 2 unspecified atom stereocenters. The van der Waals surface area contributed by atoms with Crippen molar-refractivity contribution in [3.63, 3.8) is 0 Å². The van der Waals surface area contributed by atoms with Crippen LogP contribution in [0.2, 0.25) is 0 Å². The SMILES string of the molecule is CC(=O)NC(CNCC1COCCO1)C(=O)O. The van der Waals surface area contributed by atoms with E-state index in [1.54, 1.807) is 0 Å². The highest BCUT2D eigenvalue weighted by Crippen LogP contribution is 1.98. The molecule has 1 fully saturated rings. The number of hydrogen-bond acceptors (Lipinski definition) is 5. The first kappa shape index (κ1) is 13.9. The average molecular weight is 246 g/mol. The van der Waals surface area contributed by atoms with E-state index in [-0.39, 0.29) is 18.6 Å². The lowest BCUT2D eigenvalue weighted by atomic mass is 10.2. The normalized spacial score (nSPS) is 21.8. The van der Waals surface area contributed by atoms with Gasteiger partial charge in [-0.25, -0.2) is 4.79 Å². The van der Waals surface area contributed by atoms with Crippen LogP contribution in [0.1, 0.15) is 6.92 Å². The van der Waals surface area contributed by atoms with Gasteiger partial charge in [0.2, 0.25) is 5.91 Å². The summed E-state index contributed by atoms with van der Waals surface area (Å²) in [6.45, 7) is 3.61. The molecular formula is C10H18N2O5. The second kappa shape index (κ2) is 7.21. The highest BCUT2D eigenvalue weighted by atomic mass is 16.6. The molecule has 17 heavy (non-hydrogen) atoms. The first-order valence-electron chi connectivity index (χ1n) is 5.49. The van der Waals surface area contributed by atoms with E-state index in [9.17, 15) is 9.59 Å². The summed E-state index contributed by atoms with van der Waals surface area (Å²) in [5.74, 6) is -1.43. The second-order valence-electron chi connectivity index (χ2n) is 3.82. The maximum Gasteiger partial charge on any atom is 0.327 e. The lowest BCUT2D eigenvalue weighted by Crippen LogP contribution is -2.48. The highest BCUT2D eigenvalue weighted by molar-refractivity contribution is 5.82. The van der Waals surface area contributed by atoms with E-state index in [1.165, 1.54) is 6.92 Å². The third-order valence-corrected chi connectivity index (χ3v) is 2.28. The zero-order chi connectivity index (χ0) is 12.7. The van der Waals surface area contributed by atoms with Crippen LogP contribution in [-0.2, 0) is 19.1 Å². The number of rotatable bonds is 6. The molecule has 1 aliphatic rings. The lowest BCUT2D eigenvalue weighted by Gasteiger charge is -2.24. The number of aliphatic carboxylic acids is 1. The Hall–Kier alpha value is -1.18. The summed E-state index contributed by atoms with van der Waals surface area (Å²) >= 11 is 0. The molecule has 1 amide bonds. The van der Waals surface area contributed by atoms with Crippen molar-refractivity contribution in [2.45, 2.75) is 19.1 Å². The van der Waals surface area contributed by atoms with E-state index in [1.807, 2.05) is 0 Å². The molecule has 0 bridgehead atoms. The summed E-state index contributed by atoms with van der Waals surface area (Å²) < 4.78 is 10.6. The maximum atomic E-state index is 10.8. The number of hydrogen-bond donors (Lipinski definition) is 3. The van der Waals surface area contributed by atoms with Crippen molar-refractivity contribution >= 4 is 11.9 Å². The molecule has 3 N–H and O–H groups in total. The highest BCUT2D eigenvalue weighted by Gasteiger charge is 2.19. The first-order valence-corrected chi connectivity index (χ1v) is 5.49. The fourth-order valence-corrected chi connectivity index (χ4v) is 1.49. The van der Waals surface area contributed by atoms with Crippen LogP contribution in [0.25, 0.3) is 0 Å². The molecule has 7 nitrogen and oxygen atoms in total. The number of nitrogens with one attached hydrogen (secondary N) is 2. The fourth-order valence-electron chi connectivity index (χ4n) is 1.49. The van der Waals surface area contributed by atoms with Gasteiger partial charge in [-0.2, -0.15) is 0 Å². The smallest absolute Gasteiger partial charge is 0.327 e. The summed E-state index contributed by atoms with van der Waals surface area (Å²) in [5, 5.41) is 14.1. The van der Waals surface area contributed by atoms with E-state index in [2.05, 4.69) is 10.6 Å². The number of amides is 1. The number of carboxylic acids is 1. The van der Waals surface area contributed by atoms with Crippen LogP contribution in [0.15, 0.2) is 0 Å². The molecule has 0 aromatic heterocycles. The minimum absolute atomic E-state index is 0.0597. The molecule has 0 aromatic rings. The number of carbonyl (C=O) groups is 2. The Kier molecular flexibility index (Phi) is 5.88. The number of carbonyl (C=O) groups excluding carboxylic acids is 1. The molecule has 1 aliphatic heterocycles. The largest absolute Gasteiger partial charge is 0.480 e. The molecule has 0 radical (unpaired) electrons. The molecule has 1 saturated heterocycles. The molecule has 0 saturated carbocycles. The van der Waals surface area contributed by atoms with Gasteiger partial charge in [0.05, 0.1) is 25.9 Å². The zero-order valence-corrected chi connectivity index (χ0v) is 9.77. The summed E-state index contributed by atoms with van der Waals surface area (Å²) in [4.78, 5) is 21.6. The summed E-state index contributed by atoms with van der Waals surface area (Å²) in [7, 11) is 0. The van der Waals surface area contributed by atoms with Gasteiger partial charge in [0.1, 0.15) is 6.04 Å². The van der Waals surface area contributed by atoms with E-state index < -0.39 is 12.0 Å². The van der Waals surface area contributed by atoms with Crippen LogP contribution in [0.3, 0.4) is 0 Å². The van der Waals surface area contributed by atoms with E-state index in [4.69, 9.17) is 14.6 Å².